The van der Waals surface area contributed by atoms with Gasteiger partial charge in [-0.15, -0.1) is 5.10 Å². The van der Waals surface area contributed by atoms with Gasteiger partial charge in [-0.25, -0.2) is 4.68 Å². The first-order chi connectivity index (χ1) is 9.58. The average molecular weight is 359 g/mol. The SMILES string of the molecule is CNCc1cn(CC(=O)Nc2ccc(Br)cc2Cl)nn1. The summed E-state index contributed by atoms with van der Waals surface area (Å²) in [4.78, 5) is 11.9. The van der Waals surface area contributed by atoms with Crippen LogP contribution in [0.1, 0.15) is 5.69 Å². The Morgan fingerprint density at radius 1 is 1.50 bits per heavy atom. The van der Waals surface area contributed by atoms with E-state index in [1.807, 2.05) is 13.1 Å². The van der Waals surface area contributed by atoms with E-state index in [1.54, 1.807) is 18.3 Å². The van der Waals surface area contributed by atoms with Gasteiger partial charge in [-0.2, -0.15) is 0 Å². The number of nitrogens with zero attached hydrogens (tertiary/aromatic N) is 3. The van der Waals surface area contributed by atoms with Crippen molar-refractivity contribution in [1.82, 2.24) is 20.3 Å². The van der Waals surface area contributed by atoms with E-state index >= 15 is 0 Å². The first kappa shape index (κ1) is 15.0. The topological polar surface area (TPSA) is 71.8 Å². The molecule has 0 saturated heterocycles. The molecule has 20 heavy (non-hydrogen) atoms. The second-order valence-corrected chi connectivity index (χ2v) is 5.43. The Labute approximate surface area is 129 Å². The predicted octanol–water partition coefficient (Wildman–Crippen LogP) is 2.05. The fourth-order valence-corrected chi connectivity index (χ4v) is 2.33. The molecule has 0 atom stereocenters. The molecule has 1 heterocycles. The molecule has 0 aliphatic carbocycles. The summed E-state index contributed by atoms with van der Waals surface area (Å²) in [7, 11) is 1.82. The Morgan fingerprint density at radius 2 is 2.30 bits per heavy atom. The quantitative estimate of drug-likeness (QED) is 0.858. The van der Waals surface area contributed by atoms with E-state index in [0.29, 0.717) is 17.3 Å². The lowest BCUT2D eigenvalue weighted by Crippen LogP contribution is -2.19. The van der Waals surface area contributed by atoms with E-state index in [0.717, 1.165) is 10.2 Å². The smallest absolute Gasteiger partial charge is 0.246 e. The van der Waals surface area contributed by atoms with E-state index in [1.165, 1.54) is 4.68 Å². The molecule has 2 N–H and O–H groups in total. The Kier molecular flexibility index (Phi) is 5.11. The largest absolute Gasteiger partial charge is 0.323 e. The van der Waals surface area contributed by atoms with Crippen molar-refractivity contribution in [2.24, 2.45) is 0 Å². The van der Waals surface area contributed by atoms with Crippen LogP contribution in [-0.4, -0.2) is 27.9 Å². The van der Waals surface area contributed by atoms with Crippen molar-refractivity contribution in [2.75, 3.05) is 12.4 Å². The second kappa shape index (κ2) is 6.83. The minimum Gasteiger partial charge on any atom is -0.323 e. The van der Waals surface area contributed by atoms with Crippen molar-refractivity contribution in [1.29, 1.82) is 0 Å². The summed E-state index contributed by atoms with van der Waals surface area (Å²) in [5, 5.41) is 14.0. The molecule has 0 fully saturated rings. The molecule has 0 aliphatic rings. The van der Waals surface area contributed by atoms with Crippen LogP contribution in [0, 0.1) is 0 Å². The van der Waals surface area contributed by atoms with Crippen LogP contribution in [0.5, 0.6) is 0 Å². The van der Waals surface area contributed by atoms with Gasteiger partial charge in [-0.1, -0.05) is 32.7 Å². The first-order valence-electron chi connectivity index (χ1n) is 5.87. The maximum Gasteiger partial charge on any atom is 0.246 e. The number of benzene rings is 1. The summed E-state index contributed by atoms with van der Waals surface area (Å²) in [6.45, 7) is 0.698. The van der Waals surface area contributed by atoms with Gasteiger partial charge < -0.3 is 10.6 Å². The molecule has 0 aliphatic heterocycles. The molecule has 6 nitrogen and oxygen atoms in total. The fraction of sp³-hybridized carbons (Fsp3) is 0.250. The molecule has 106 valence electrons. The molecule has 0 radical (unpaired) electrons. The van der Waals surface area contributed by atoms with Crippen LogP contribution in [0.3, 0.4) is 0 Å². The molecular weight excluding hydrogens is 346 g/mol. The molecular formula is C12H13BrClN5O. The summed E-state index contributed by atoms with van der Waals surface area (Å²) in [6.07, 6.45) is 1.72. The number of carbonyl (C=O) groups is 1. The monoisotopic (exact) mass is 357 g/mol. The van der Waals surface area contributed by atoms with Gasteiger partial charge in [0.15, 0.2) is 0 Å². The predicted molar refractivity (Wildman–Crippen MR) is 80.6 cm³/mol. The van der Waals surface area contributed by atoms with E-state index in [-0.39, 0.29) is 12.5 Å². The van der Waals surface area contributed by atoms with Crippen LogP contribution < -0.4 is 10.6 Å². The molecule has 2 aromatic rings. The van der Waals surface area contributed by atoms with E-state index in [9.17, 15) is 4.79 Å². The molecule has 2 rings (SSSR count). The highest BCUT2D eigenvalue weighted by atomic mass is 79.9. The zero-order valence-electron chi connectivity index (χ0n) is 10.7. The summed E-state index contributed by atoms with van der Waals surface area (Å²) < 4.78 is 2.34. The maximum absolute atomic E-state index is 11.9. The van der Waals surface area contributed by atoms with Crippen LogP contribution in [0.2, 0.25) is 5.02 Å². The number of halogens is 2. The van der Waals surface area contributed by atoms with Gasteiger partial charge >= 0.3 is 0 Å². The highest BCUT2D eigenvalue weighted by Gasteiger charge is 2.08. The molecule has 8 heteroatoms. The third-order valence-electron chi connectivity index (χ3n) is 2.45. The minimum atomic E-state index is -0.213. The molecule has 1 amide bonds. The van der Waals surface area contributed by atoms with Crippen LogP contribution in [-0.2, 0) is 17.9 Å². The summed E-state index contributed by atoms with van der Waals surface area (Å²) in [6, 6.07) is 5.26. The normalized spacial score (nSPS) is 10.6. The second-order valence-electron chi connectivity index (χ2n) is 4.11. The molecule has 0 spiro atoms. The Balaban J connectivity index is 1.97. The minimum absolute atomic E-state index is 0.0864. The standard InChI is InChI=1S/C12H13BrClN5O/c1-15-5-9-6-19(18-17-9)7-12(20)16-11-3-2-8(13)4-10(11)14/h2-4,6,15H,5,7H2,1H3,(H,16,20). The number of hydrogen-bond donors (Lipinski definition) is 2. The number of carbonyl (C=O) groups excluding carboxylic acids is 1. The van der Waals surface area contributed by atoms with Crippen LogP contribution in [0.25, 0.3) is 0 Å². The number of hydrogen-bond acceptors (Lipinski definition) is 4. The van der Waals surface area contributed by atoms with Gasteiger partial charge in [0, 0.05) is 11.0 Å². The van der Waals surface area contributed by atoms with Gasteiger partial charge in [0.2, 0.25) is 5.91 Å². The third-order valence-corrected chi connectivity index (χ3v) is 3.26. The zero-order chi connectivity index (χ0) is 14.5. The van der Waals surface area contributed by atoms with Gasteiger partial charge in [0.25, 0.3) is 0 Å². The highest BCUT2D eigenvalue weighted by Crippen LogP contribution is 2.25. The van der Waals surface area contributed by atoms with E-state index < -0.39 is 0 Å². The Morgan fingerprint density at radius 3 is 3.00 bits per heavy atom. The number of nitrogens with one attached hydrogen (secondary N) is 2. The molecule has 0 unspecified atom stereocenters. The van der Waals surface area contributed by atoms with Crippen molar-refractivity contribution < 1.29 is 4.79 Å². The van der Waals surface area contributed by atoms with Gasteiger partial charge in [-0.3, -0.25) is 4.79 Å². The lowest BCUT2D eigenvalue weighted by atomic mass is 10.3. The van der Waals surface area contributed by atoms with Crippen LogP contribution in [0.15, 0.2) is 28.9 Å². The van der Waals surface area contributed by atoms with E-state index in [4.69, 9.17) is 11.6 Å². The summed E-state index contributed by atoms with van der Waals surface area (Å²) in [5.74, 6) is -0.213. The lowest BCUT2D eigenvalue weighted by molar-refractivity contribution is -0.116. The Bertz CT molecular complexity index is 616. The average Bonchev–Trinajstić information content (AvgIpc) is 2.81. The molecule has 1 aromatic carbocycles. The summed E-state index contributed by atoms with van der Waals surface area (Å²) >= 11 is 9.34. The molecule has 1 aromatic heterocycles. The van der Waals surface area contributed by atoms with Crippen LogP contribution in [0.4, 0.5) is 5.69 Å². The number of aromatic nitrogens is 3. The molecule has 0 bridgehead atoms. The van der Waals surface area contributed by atoms with Crippen molar-refractivity contribution >= 4 is 39.1 Å². The van der Waals surface area contributed by atoms with Gasteiger partial charge in [0.05, 0.1) is 22.6 Å². The number of rotatable bonds is 5. The van der Waals surface area contributed by atoms with Gasteiger partial charge in [0.1, 0.15) is 6.54 Å². The maximum atomic E-state index is 11.9. The third kappa shape index (κ3) is 4.03. The van der Waals surface area contributed by atoms with Crippen molar-refractivity contribution in [3.63, 3.8) is 0 Å². The first-order valence-corrected chi connectivity index (χ1v) is 7.04. The Hall–Kier alpha value is -1.44. The zero-order valence-corrected chi connectivity index (χ0v) is 13.1. The fourth-order valence-electron chi connectivity index (χ4n) is 1.61. The van der Waals surface area contributed by atoms with Crippen molar-refractivity contribution in [2.45, 2.75) is 13.1 Å². The van der Waals surface area contributed by atoms with Crippen molar-refractivity contribution in [3.8, 4) is 0 Å². The van der Waals surface area contributed by atoms with Crippen molar-refractivity contribution in [3.05, 3.63) is 39.6 Å². The molecule has 0 saturated carbocycles. The lowest BCUT2D eigenvalue weighted by Gasteiger charge is -2.07. The highest BCUT2D eigenvalue weighted by molar-refractivity contribution is 9.10. The number of amides is 1. The van der Waals surface area contributed by atoms with Gasteiger partial charge in [-0.05, 0) is 25.2 Å². The summed E-state index contributed by atoms with van der Waals surface area (Å²) in [5.41, 5.74) is 1.34. The van der Waals surface area contributed by atoms with Crippen LogP contribution >= 0.6 is 27.5 Å². The van der Waals surface area contributed by atoms with E-state index in [2.05, 4.69) is 36.9 Å². The number of anilines is 1.